The van der Waals surface area contributed by atoms with Crippen molar-refractivity contribution in [1.29, 1.82) is 0 Å². The van der Waals surface area contributed by atoms with E-state index in [-0.39, 0.29) is 5.91 Å². The summed E-state index contributed by atoms with van der Waals surface area (Å²) in [6.07, 6.45) is 2.83. The minimum atomic E-state index is -0.914. The summed E-state index contributed by atoms with van der Waals surface area (Å²) in [5.74, 6) is -2.36. The number of anilines is 1. The van der Waals surface area contributed by atoms with Crippen LogP contribution in [0.5, 0.6) is 0 Å². The number of carbonyl (C=O) groups excluding carboxylic acids is 1. The Morgan fingerprint density at radius 2 is 1.76 bits per heavy atom. The van der Waals surface area contributed by atoms with Gasteiger partial charge in [-0.25, -0.2) is 0 Å². The van der Waals surface area contributed by atoms with E-state index in [4.69, 9.17) is 23.2 Å². The van der Waals surface area contributed by atoms with Crippen LogP contribution in [-0.4, -0.2) is 17.0 Å². The van der Waals surface area contributed by atoms with E-state index in [1.54, 1.807) is 12.1 Å². The van der Waals surface area contributed by atoms with Crippen molar-refractivity contribution in [3.63, 3.8) is 0 Å². The lowest BCUT2D eigenvalue weighted by Crippen LogP contribution is -2.36. The topological polar surface area (TPSA) is 66.4 Å². The van der Waals surface area contributed by atoms with E-state index < -0.39 is 17.8 Å². The van der Waals surface area contributed by atoms with Gasteiger partial charge in [-0.1, -0.05) is 36.0 Å². The zero-order chi connectivity index (χ0) is 15.6. The second kappa shape index (κ2) is 6.67. The number of aryl methyl sites for hydroxylation is 1. The maximum Gasteiger partial charge on any atom is 0.307 e. The molecule has 2 rings (SSSR count). The Labute approximate surface area is 133 Å². The Hall–Kier alpha value is -1.26. The molecule has 2 atom stereocenters. The Kier molecular flexibility index (Phi) is 5.12. The molecule has 1 amide bonds. The van der Waals surface area contributed by atoms with E-state index in [1.165, 1.54) is 0 Å². The van der Waals surface area contributed by atoms with Gasteiger partial charge in [0.25, 0.3) is 0 Å². The lowest BCUT2D eigenvalue weighted by atomic mass is 9.78. The normalized spacial score (nSPS) is 21.9. The molecule has 4 nitrogen and oxygen atoms in total. The average Bonchev–Trinajstić information content (AvgIpc) is 2.44. The Bertz CT molecular complexity index is 574. The highest BCUT2D eigenvalue weighted by Gasteiger charge is 2.35. The first-order valence-corrected chi connectivity index (χ1v) is 7.65. The number of rotatable bonds is 3. The van der Waals surface area contributed by atoms with Gasteiger partial charge in [0.05, 0.1) is 22.5 Å². The maximum absolute atomic E-state index is 12.4. The number of aliphatic carboxylic acids is 1. The summed E-state index contributed by atoms with van der Waals surface area (Å²) in [6, 6.07) is 3.27. The molecule has 0 bridgehead atoms. The molecule has 21 heavy (non-hydrogen) atoms. The van der Waals surface area contributed by atoms with Crippen LogP contribution in [0.25, 0.3) is 0 Å². The largest absolute Gasteiger partial charge is 0.481 e. The summed E-state index contributed by atoms with van der Waals surface area (Å²) >= 11 is 12.1. The van der Waals surface area contributed by atoms with E-state index in [0.29, 0.717) is 28.6 Å². The van der Waals surface area contributed by atoms with E-state index in [2.05, 4.69) is 5.32 Å². The first-order valence-electron chi connectivity index (χ1n) is 6.89. The van der Waals surface area contributed by atoms with Crippen LogP contribution in [-0.2, 0) is 9.59 Å². The molecular formula is C15H17Cl2NO3. The third-order valence-electron chi connectivity index (χ3n) is 3.93. The first kappa shape index (κ1) is 16.1. The van der Waals surface area contributed by atoms with Gasteiger partial charge < -0.3 is 10.4 Å². The quantitative estimate of drug-likeness (QED) is 0.876. The minimum Gasteiger partial charge on any atom is -0.481 e. The van der Waals surface area contributed by atoms with Crippen molar-refractivity contribution in [1.82, 2.24) is 0 Å². The van der Waals surface area contributed by atoms with E-state index >= 15 is 0 Å². The number of amides is 1. The molecule has 1 fully saturated rings. The number of hydrogen-bond donors (Lipinski definition) is 2. The molecule has 1 aliphatic carbocycles. The van der Waals surface area contributed by atoms with Crippen molar-refractivity contribution in [2.45, 2.75) is 32.6 Å². The first-order chi connectivity index (χ1) is 9.90. The predicted molar refractivity (Wildman–Crippen MR) is 82.9 cm³/mol. The molecule has 6 heteroatoms. The molecule has 2 N–H and O–H groups in total. The van der Waals surface area contributed by atoms with Crippen LogP contribution in [0.1, 0.15) is 31.2 Å². The highest BCUT2D eigenvalue weighted by atomic mass is 35.5. The van der Waals surface area contributed by atoms with Crippen molar-refractivity contribution < 1.29 is 14.7 Å². The number of benzene rings is 1. The number of halogens is 2. The summed E-state index contributed by atoms with van der Waals surface area (Å²) in [6.45, 7) is 1.82. The standard InChI is InChI=1S/C15H17Cl2NO3/c1-8-6-12(17)13(7-11(8)16)18-14(19)9-4-2-3-5-10(9)15(20)21/h6-7,9-10H,2-5H2,1H3,(H,18,19)(H,20,21). The van der Waals surface area contributed by atoms with Gasteiger partial charge in [-0.15, -0.1) is 0 Å². The molecular weight excluding hydrogens is 313 g/mol. The van der Waals surface area contributed by atoms with Gasteiger partial charge in [0.15, 0.2) is 0 Å². The summed E-state index contributed by atoms with van der Waals surface area (Å²) in [5, 5.41) is 12.8. The third kappa shape index (κ3) is 3.69. The summed E-state index contributed by atoms with van der Waals surface area (Å²) in [4.78, 5) is 23.6. The molecule has 0 aliphatic heterocycles. The minimum absolute atomic E-state index is 0.302. The van der Waals surface area contributed by atoms with Crippen LogP contribution < -0.4 is 5.32 Å². The van der Waals surface area contributed by atoms with Gasteiger partial charge in [0.1, 0.15) is 0 Å². The summed E-state index contributed by atoms with van der Waals surface area (Å²) < 4.78 is 0. The number of nitrogens with one attached hydrogen (secondary N) is 1. The third-order valence-corrected chi connectivity index (χ3v) is 4.65. The molecule has 1 aromatic rings. The van der Waals surface area contributed by atoms with E-state index in [0.717, 1.165) is 18.4 Å². The second-order valence-electron chi connectivity index (χ2n) is 5.41. The number of hydrogen-bond acceptors (Lipinski definition) is 2. The fourth-order valence-corrected chi connectivity index (χ4v) is 3.14. The van der Waals surface area contributed by atoms with Crippen molar-refractivity contribution in [2.24, 2.45) is 11.8 Å². The molecule has 0 spiro atoms. The number of carbonyl (C=O) groups is 2. The Morgan fingerprint density at radius 3 is 2.38 bits per heavy atom. The summed E-state index contributed by atoms with van der Waals surface area (Å²) in [7, 11) is 0. The van der Waals surface area contributed by atoms with Gasteiger partial charge in [-0.05, 0) is 37.5 Å². The molecule has 0 saturated heterocycles. The van der Waals surface area contributed by atoms with Gasteiger partial charge in [-0.2, -0.15) is 0 Å². The van der Waals surface area contributed by atoms with Crippen molar-refractivity contribution >= 4 is 40.8 Å². The molecule has 2 unspecified atom stereocenters. The molecule has 0 radical (unpaired) electrons. The van der Waals surface area contributed by atoms with Crippen molar-refractivity contribution in [2.75, 3.05) is 5.32 Å². The second-order valence-corrected chi connectivity index (χ2v) is 6.22. The predicted octanol–water partition coefficient (Wildman–Crippen LogP) is 4.13. The molecule has 1 aromatic carbocycles. The van der Waals surface area contributed by atoms with Crippen molar-refractivity contribution in [3.05, 3.63) is 27.7 Å². The number of carboxylic acids is 1. The zero-order valence-corrected chi connectivity index (χ0v) is 13.2. The van der Waals surface area contributed by atoms with E-state index in [9.17, 15) is 14.7 Å². The summed E-state index contributed by atoms with van der Waals surface area (Å²) in [5.41, 5.74) is 1.24. The number of carboxylic acid groups (broad SMARTS) is 1. The molecule has 1 saturated carbocycles. The smallest absolute Gasteiger partial charge is 0.307 e. The van der Waals surface area contributed by atoms with Crippen molar-refractivity contribution in [3.8, 4) is 0 Å². The monoisotopic (exact) mass is 329 g/mol. The Balaban J connectivity index is 2.17. The molecule has 0 aromatic heterocycles. The fraction of sp³-hybridized carbons (Fsp3) is 0.467. The fourth-order valence-electron chi connectivity index (χ4n) is 2.71. The molecule has 0 heterocycles. The molecule has 1 aliphatic rings. The van der Waals surface area contributed by atoms with Crippen LogP contribution in [0.3, 0.4) is 0 Å². The van der Waals surface area contributed by atoms with Gasteiger partial charge >= 0.3 is 5.97 Å². The van der Waals surface area contributed by atoms with Crippen LogP contribution >= 0.6 is 23.2 Å². The van der Waals surface area contributed by atoms with E-state index in [1.807, 2.05) is 6.92 Å². The highest BCUT2D eigenvalue weighted by Crippen LogP contribution is 2.33. The van der Waals surface area contributed by atoms with Crippen LogP contribution in [0.15, 0.2) is 12.1 Å². The lowest BCUT2D eigenvalue weighted by molar-refractivity contribution is -0.147. The van der Waals surface area contributed by atoms with Crippen LogP contribution in [0, 0.1) is 18.8 Å². The highest BCUT2D eigenvalue weighted by molar-refractivity contribution is 6.36. The average molecular weight is 330 g/mol. The molecule has 114 valence electrons. The lowest BCUT2D eigenvalue weighted by Gasteiger charge is -2.27. The van der Waals surface area contributed by atoms with Crippen LogP contribution in [0.4, 0.5) is 5.69 Å². The van der Waals surface area contributed by atoms with Gasteiger partial charge in [0, 0.05) is 5.02 Å². The Morgan fingerprint density at radius 1 is 1.14 bits per heavy atom. The maximum atomic E-state index is 12.4. The SMILES string of the molecule is Cc1cc(Cl)c(NC(=O)C2CCCCC2C(=O)O)cc1Cl. The zero-order valence-electron chi connectivity index (χ0n) is 11.7. The van der Waals surface area contributed by atoms with Crippen LogP contribution in [0.2, 0.25) is 10.0 Å². The van der Waals surface area contributed by atoms with Gasteiger partial charge in [0.2, 0.25) is 5.91 Å². The van der Waals surface area contributed by atoms with Gasteiger partial charge in [-0.3, -0.25) is 9.59 Å².